The third-order valence-electron chi connectivity index (χ3n) is 5.09. The van der Waals surface area contributed by atoms with Gasteiger partial charge in [0.2, 0.25) is 5.91 Å². The van der Waals surface area contributed by atoms with Gasteiger partial charge in [-0.05, 0) is 30.7 Å². The number of nitrogens with one attached hydrogen (secondary N) is 1. The Bertz CT molecular complexity index is 1050. The van der Waals surface area contributed by atoms with E-state index in [0.717, 1.165) is 22.5 Å². The van der Waals surface area contributed by atoms with E-state index in [0.29, 0.717) is 25.6 Å². The van der Waals surface area contributed by atoms with Gasteiger partial charge in [0, 0.05) is 31.2 Å². The second kappa shape index (κ2) is 9.02. The van der Waals surface area contributed by atoms with Crippen molar-refractivity contribution in [2.45, 2.75) is 20.0 Å². The molecule has 1 aliphatic heterocycles. The summed E-state index contributed by atoms with van der Waals surface area (Å²) >= 11 is 0. The van der Waals surface area contributed by atoms with Crippen molar-refractivity contribution in [3.63, 3.8) is 0 Å². The van der Waals surface area contributed by atoms with Gasteiger partial charge >= 0.3 is 5.91 Å². The highest BCUT2D eigenvalue weighted by Crippen LogP contribution is 2.26. The van der Waals surface area contributed by atoms with Crippen molar-refractivity contribution < 1.29 is 19.6 Å². The van der Waals surface area contributed by atoms with Crippen LogP contribution in [0, 0.1) is 5.92 Å². The Morgan fingerprint density at radius 2 is 2.03 bits per heavy atom. The van der Waals surface area contributed by atoms with E-state index in [2.05, 4.69) is 16.5 Å². The zero-order valence-corrected chi connectivity index (χ0v) is 16.9. The number of carbonyl (C=O) groups is 2. The Kier molecular flexibility index (Phi) is 6.02. The van der Waals surface area contributed by atoms with E-state index in [9.17, 15) is 9.59 Å². The Morgan fingerprint density at radius 3 is 2.77 bits per heavy atom. The highest BCUT2D eigenvalue weighted by atomic mass is 16.5. The van der Waals surface area contributed by atoms with E-state index in [1.165, 1.54) is 5.32 Å². The van der Waals surface area contributed by atoms with Crippen molar-refractivity contribution in [2.75, 3.05) is 13.2 Å². The summed E-state index contributed by atoms with van der Waals surface area (Å²) in [6.45, 7) is 3.57. The summed E-state index contributed by atoms with van der Waals surface area (Å²) in [6, 6.07) is 19.9. The van der Waals surface area contributed by atoms with Gasteiger partial charge in [-0.1, -0.05) is 36.4 Å². The van der Waals surface area contributed by atoms with Crippen molar-refractivity contribution in [1.29, 1.82) is 0 Å². The third kappa shape index (κ3) is 4.48. The Balaban J connectivity index is 1.67. The minimum atomic E-state index is -0.322. The highest BCUT2D eigenvalue weighted by Gasteiger charge is 2.32. The number of para-hydroxylation sites is 1. The molecule has 3 aromatic rings. The SMILES string of the molecule is CCOCc1cccc(-c2cc([NH2+]C(=O)[C@@H]3CNC(=O)C3)nn2-c2ccccc2)c1. The average molecular weight is 405 g/mol. The monoisotopic (exact) mass is 405 g/mol. The van der Waals surface area contributed by atoms with Gasteiger partial charge in [-0.15, -0.1) is 5.10 Å². The minimum absolute atomic E-state index is 0.0802. The first-order valence-electron chi connectivity index (χ1n) is 10.1. The van der Waals surface area contributed by atoms with E-state index < -0.39 is 0 Å². The number of amides is 2. The molecule has 1 saturated heterocycles. The molecule has 0 unspecified atom stereocenters. The van der Waals surface area contributed by atoms with Gasteiger partial charge in [0.1, 0.15) is 5.92 Å². The predicted octanol–water partition coefficient (Wildman–Crippen LogP) is 1.93. The molecule has 1 fully saturated rings. The quantitative estimate of drug-likeness (QED) is 0.629. The van der Waals surface area contributed by atoms with Crippen LogP contribution in [0.2, 0.25) is 0 Å². The summed E-state index contributed by atoms with van der Waals surface area (Å²) < 4.78 is 7.39. The normalized spacial score (nSPS) is 15.9. The Morgan fingerprint density at radius 1 is 1.20 bits per heavy atom. The van der Waals surface area contributed by atoms with Crippen LogP contribution in [0.25, 0.3) is 16.9 Å². The van der Waals surface area contributed by atoms with Gasteiger partial charge in [0.05, 0.1) is 18.0 Å². The summed E-state index contributed by atoms with van der Waals surface area (Å²) in [4.78, 5) is 24.1. The van der Waals surface area contributed by atoms with Crippen LogP contribution in [-0.4, -0.2) is 34.7 Å². The fraction of sp³-hybridized carbons (Fsp3) is 0.261. The number of hydrogen-bond donors (Lipinski definition) is 2. The van der Waals surface area contributed by atoms with Gasteiger partial charge in [-0.2, -0.15) is 0 Å². The molecular formula is C23H25N4O3+. The molecule has 3 N–H and O–H groups in total. The topological polar surface area (TPSA) is 89.8 Å². The highest BCUT2D eigenvalue weighted by molar-refractivity contribution is 5.86. The molecule has 2 aromatic carbocycles. The molecule has 0 aliphatic carbocycles. The van der Waals surface area contributed by atoms with Gasteiger partial charge in [0.15, 0.2) is 0 Å². The van der Waals surface area contributed by atoms with Crippen molar-refractivity contribution in [1.82, 2.24) is 15.1 Å². The molecule has 1 atom stereocenters. The van der Waals surface area contributed by atoms with Crippen LogP contribution in [0.3, 0.4) is 0 Å². The molecule has 7 heteroatoms. The fourth-order valence-corrected chi connectivity index (χ4v) is 3.55. The Hall–Kier alpha value is -3.29. The first-order chi connectivity index (χ1) is 14.6. The maximum Gasteiger partial charge on any atom is 0.322 e. The fourth-order valence-electron chi connectivity index (χ4n) is 3.55. The van der Waals surface area contributed by atoms with Crippen LogP contribution >= 0.6 is 0 Å². The standard InChI is InChI=1S/C23H24N4O3/c1-2-30-15-16-7-6-8-17(11-16)20-13-21(25-23(29)18-12-22(28)24-14-18)26-27(20)19-9-4-3-5-10-19/h3-11,13,18H,2,12,14-15H2,1H3,(H,24,28)(H,25,26,29)/p+1/t18-/m0/s1. The van der Waals surface area contributed by atoms with Gasteiger partial charge in [0.25, 0.3) is 5.82 Å². The average Bonchev–Trinajstić information content (AvgIpc) is 3.39. The van der Waals surface area contributed by atoms with Crippen molar-refractivity contribution in [3.05, 3.63) is 66.2 Å². The summed E-state index contributed by atoms with van der Waals surface area (Å²) in [5.41, 5.74) is 3.87. The molecule has 7 nitrogen and oxygen atoms in total. The molecule has 2 heterocycles. The van der Waals surface area contributed by atoms with E-state index in [1.807, 2.05) is 66.2 Å². The minimum Gasteiger partial charge on any atom is -0.377 e. The first kappa shape index (κ1) is 20.0. The lowest BCUT2D eigenvalue weighted by Gasteiger charge is -2.08. The number of quaternary nitrogens is 1. The summed E-state index contributed by atoms with van der Waals surface area (Å²) in [5, 5.41) is 8.93. The molecular weight excluding hydrogens is 380 g/mol. The van der Waals surface area contributed by atoms with Crippen molar-refractivity contribution in [3.8, 4) is 16.9 Å². The Labute approximate surface area is 175 Å². The van der Waals surface area contributed by atoms with Crippen molar-refractivity contribution in [2.24, 2.45) is 5.92 Å². The van der Waals surface area contributed by atoms with Crippen LogP contribution in [-0.2, 0) is 20.9 Å². The molecule has 1 aromatic heterocycles. The number of primary amides is 1. The zero-order valence-electron chi connectivity index (χ0n) is 16.9. The molecule has 0 bridgehead atoms. The number of rotatable bonds is 7. The second-order valence-corrected chi connectivity index (χ2v) is 7.29. The third-order valence-corrected chi connectivity index (χ3v) is 5.09. The maximum atomic E-state index is 12.6. The van der Waals surface area contributed by atoms with Gasteiger partial charge in [-0.25, -0.2) is 14.8 Å². The van der Waals surface area contributed by atoms with Crippen LogP contribution in [0.1, 0.15) is 18.9 Å². The summed E-state index contributed by atoms with van der Waals surface area (Å²) in [5.74, 6) is 0.0943. The number of hydrogen-bond acceptors (Lipinski definition) is 4. The number of aromatic nitrogens is 2. The molecule has 154 valence electrons. The smallest absolute Gasteiger partial charge is 0.322 e. The number of carbonyl (C=O) groups excluding carboxylic acids is 2. The molecule has 30 heavy (non-hydrogen) atoms. The number of benzene rings is 2. The lowest BCUT2D eigenvalue weighted by molar-refractivity contribution is -0.491. The maximum absolute atomic E-state index is 12.6. The van der Waals surface area contributed by atoms with E-state index in [1.54, 1.807) is 0 Å². The molecule has 0 saturated carbocycles. The van der Waals surface area contributed by atoms with Crippen LogP contribution in [0.5, 0.6) is 0 Å². The number of ether oxygens (including phenoxy) is 1. The van der Waals surface area contributed by atoms with Crippen LogP contribution in [0.15, 0.2) is 60.7 Å². The van der Waals surface area contributed by atoms with E-state index in [4.69, 9.17) is 4.74 Å². The van der Waals surface area contributed by atoms with Crippen LogP contribution < -0.4 is 10.6 Å². The van der Waals surface area contributed by atoms with Crippen molar-refractivity contribution >= 4 is 17.6 Å². The lowest BCUT2D eigenvalue weighted by Crippen LogP contribution is -2.84. The second-order valence-electron chi connectivity index (χ2n) is 7.29. The number of nitrogens with zero attached hydrogens (tertiary/aromatic N) is 2. The molecule has 1 aliphatic rings. The van der Waals surface area contributed by atoms with Crippen LogP contribution in [0.4, 0.5) is 5.82 Å². The van der Waals surface area contributed by atoms with Gasteiger partial charge in [-0.3, -0.25) is 4.79 Å². The lowest BCUT2D eigenvalue weighted by atomic mass is 10.1. The number of nitrogens with two attached hydrogens (primary N) is 1. The molecule has 0 radical (unpaired) electrons. The molecule has 4 rings (SSSR count). The van der Waals surface area contributed by atoms with E-state index in [-0.39, 0.29) is 24.2 Å². The predicted molar refractivity (Wildman–Crippen MR) is 112 cm³/mol. The zero-order chi connectivity index (χ0) is 20.9. The summed E-state index contributed by atoms with van der Waals surface area (Å²) in [7, 11) is 0. The molecule has 2 amide bonds. The van der Waals surface area contributed by atoms with Gasteiger partial charge < -0.3 is 10.1 Å². The van der Waals surface area contributed by atoms with E-state index >= 15 is 0 Å². The first-order valence-corrected chi connectivity index (χ1v) is 10.1. The summed E-state index contributed by atoms with van der Waals surface area (Å²) in [6.07, 6.45) is 0.237. The largest absolute Gasteiger partial charge is 0.377 e. The molecule has 0 spiro atoms.